The van der Waals surface area contributed by atoms with Gasteiger partial charge in [0.25, 0.3) is 0 Å². The van der Waals surface area contributed by atoms with Crippen LogP contribution < -0.4 is 5.32 Å². The smallest absolute Gasteiger partial charge is 0.219 e. The van der Waals surface area contributed by atoms with E-state index in [1.165, 1.54) is 19.4 Å². The van der Waals surface area contributed by atoms with E-state index in [0.717, 1.165) is 19.0 Å². The molecule has 0 bridgehead atoms. The van der Waals surface area contributed by atoms with E-state index < -0.39 is 0 Å². The second-order valence-corrected chi connectivity index (χ2v) is 3.52. The number of hydrogen-bond donors (Lipinski definition) is 1. The van der Waals surface area contributed by atoms with Crippen LogP contribution in [0.5, 0.6) is 0 Å². The Kier molecular flexibility index (Phi) is 3.53. The highest BCUT2D eigenvalue weighted by Crippen LogP contribution is 2.08. The monoisotopic (exact) mass is 170 g/mol. The van der Waals surface area contributed by atoms with E-state index in [9.17, 15) is 4.79 Å². The molecular weight excluding hydrogens is 152 g/mol. The summed E-state index contributed by atoms with van der Waals surface area (Å²) in [5, 5.41) is 3.34. The van der Waals surface area contributed by atoms with E-state index in [2.05, 4.69) is 5.32 Å². The van der Waals surface area contributed by atoms with Crippen molar-refractivity contribution in [1.29, 1.82) is 0 Å². The van der Waals surface area contributed by atoms with Gasteiger partial charge in [0.2, 0.25) is 5.91 Å². The van der Waals surface area contributed by atoms with Crippen LogP contribution in [0.2, 0.25) is 0 Å². The first kappa shape index (κ1) is 9.52. The molecule has 0 aromatic heterocycles. The summed E-state index contributed by atoms with van der Waals surface area (Å²) in [7, 11) is 1.86. The van der Waals surface area contributed by atoms with Crippen molar-refractivity contribution in [3.8, 4) is 0 Å². The van der Waals surface area contributed by atoms with Gasteiger partial charge < -0.3 is 10.2 Å². The molecule has 12 heavy (non-hydrogen) atoms. The minimum absolute atomic E-state index is 0.163. The van der Waals surface area contributed by atoms with Gasteiger partial charge in [0.05, 0.1) is 0 Å². The molecule has 1 atom stereocenters. The van der Waals surface area contributed by atoms with Crippen molar-refractivity contribution >= 4 is 5.91 Å². The molecule has 1 heterocycles. The summed E-state index contributed by atoms with van der Waals surface area (Å²) in [5.41, 5.74) is 0. The Balaban J connectivity index is 1.97. The third-order valence-corrected chi connectivity index (χ3v) is 2.51. The molecule has 0 aromatic rings. The minimum Gasteiger partial charge on any atom is -0.346 e. The average molecular weight is 170 g/mol. The number of nitrogens with zero attached hydrogens (tertiary/aromatic N) is 1. The highest BCUT2D eigenvalue weighted by molar-refractivity contribution is 5.72. The van der Waals surface area contributed by atoms with Crippen molar-refractivity contribution in [2.45, 2.75) is 32.2 Å². The van der Waals surface area contributed by atoms with Gasteiger partial charge in [-0.15, -0.1) is 0 Å². The lowest BCUT2D eigenvalue weighted by atomic mass is 10.0. The highest BCUT2D eigenvalue weighted by atomic mass is 16.2. The van der Waals surface area contributed by atoms with Crippen molar-refractivity contribution in [2.24, 2.45) is 0 Å². The number of carbonyl (C=O) groups excluding carboxylic acids is 1. The van der Waals surface area contributed by atoms with E-state index in [1.807, 2.05) is 7.05 Å². The number of amides is 1. The Bertz CT molecular complexity index is 155. The third kappa shape index (κ3) is 2.81. The van der Waals surface area contributed by atoms with Gasteiger partial charge in [0, 0.05) is 26.6 Å². The Morgan fingerprint density at radius 1 is 1.67 bits per heavy atom. The first-order valence-corrected chi connectivity index (χ1v) is 4.65. The fourth-order valence-corrected chi connectivity index (χ4v) is 1.33. The maximum Gasteiger partial charge on any atom is 0.219 e. The number of hydrogen-bond acceptors (Lipinski definition) is 2. The van der Waals surface area contributed by atoms with E-state index in [1.54, 1.807) is 11.8 Å². The molecule has 3 nitrogen and oxygen atoms in total. The molecule has 1 aliphatic heterocycles. The van der Waals surface area contributed by atoms with Crippen LogP contribution in [-0.2, 0) is 4.79 Å². The molecule has 0 spiro atoms. The second kappa shape index (κ2) is 4.45. The molecule has 0 aromatic carbocycles. The van der Waals surface area contributed by atoms with Crippen LogP contribution in [0.4, 0.5) is 0 Å². The summed E-state index contributed by atoms with van der Waals surface area (Å²) in [6.07, 6.45) is 3.63. The Hall–Kier alpha value is -0.570. The molecule has 1 fully saturated rings. The molecule has 1 N–H and O–H groups in total. The van der Waals surface area contributed by atoms with E-state index in [4.69, 9.17) is 0 Å². The normalized spacial score (nSPS) is 21.7. The van der Waals surface area contributed by atoms with Crippen LogP contribution in [0.25, 0.3) is 0 Å². The molecule has 1 aliphatic rings. The number of carbonyl (C=O) groups is 1. The molecule has 1 rings (SSSR count). The van der Waals surface area contributed by atoms with E-state index in [0.29, 0.717) is 0 Å². The van der Waals surface area contributed by atoms with Gasteiger partial charge >= 0.3 is 0 Å². The topological polar surface area (TPSA) is 32.3 Å². The van der Waals surface area contributed by atoms with Crippen LogP contribution in [0, 0.1) is 0 Å². The minimum atomic E-state index is 0.163. The van der Waals surface area contributed by atoms with E-state index >= 15 is 0 Å². The molecule has 1 saturated heterocycles. The maximum atomic E-state index is 10.8. The van der Waals surface area contributed by atoms with Gasteiger partial charge in [-0.2, -0.15) is 0 Å². The molecule has 1 unspecified atom stereocenters. The summed E-state index contributed by atoms with van der Waals surface area (Å²) in [5.74, 6) is 0.163. The zero-order chi connectivity index (χ0) is 8.97. The van der Waals surface area contributed by atoms with Gasteiger partial charge in [-0.3, -0.25) is 4.79 Å². The van der Waals surface area contributed by atoms with Crippen molar-refractivity contribution in [1.82, 2.24) is 10.2 Å². The van der Waals surface area contributed by atoms with Gasteiger partial charge in [-0.05, 0) is 25.8 Å². The number of rotatable bonds is 4. The van der Waals surface area contributed by atoms with Crippen molar-refractivity contribution in [3.05, 3.63) is 0 Å². The van der Waals surface area contributed by atoms with Crippen LogP contribution in [-0.4, -0.2) is 37.0 Å². The third-order valence-electron chi connectivity index (χ3n) is 2.51. The Labute approximate surface area is 74.1 Å². The summed E-state index contributed by atoms with van der Waals surface area (Å²) >= 11 is 0. The summed E-state index contributed by atoms with van der Waals surface area (Å²) in [6, 6.07) is 0.727. The predicted octanol–water partition coefficient (Wildman–Crippen LogP) is 0.607. The fourth-order valence-electron chi connectivity index (χ4n) is 1.33. The summed E-state index contributed by atoms with van der Waals surface area (Å²) < 4.78 is 0. The van der Waals surface area contributed by atoms with Gasteiger partial charge in [-0.1, -0.05) is 0 Å². The lowest BCUT2D eigenvalue weighted by molar-refractivity contribution is -0.127. The molecule has 0 saturated carbocycles. The lowest BCUT2D eigenvalue weighted by Gasteiger charge is -2.28. The zero-order valence-corrected chi connectivity index (χ0v) is 7.97. The van der Waals surface area contributed by atoms with Gasteiger partial charge in [0.15, 0.2) is 0 Å². The average Bonchev–Trinajstić information content (AvgIpc) is 1.93. The van der Waals surface area contributed by atoms with Gasteiger partial charge in [-0.25, -0.2) is 0 Å². The second-order valence-electron chi connectivity index (χ2n) is 3.52. The Morgan fingerprint density at radius 2 is 2.33 bits per heavy atom. The standard InChI is InChI=1S/C9H18N2O/c1-8(12)11(2)7-3-4-9-5-6-10-9/h9-10H,3-7H2,1-2H3. The molecule has 0 radical (unpaired) electrons. The Morgan fingerprint density at radius 3 is 2.75 bits per heavy atom. The largest absolute Gasteiger partial charge is 0.346 e. The van der Waals surface area contributed by atoms with Crippen molar-refractivity contribution in [2.75, 3.05) is 20.1 Å². The molecule has 3 heteroatoms. The molecule has 0 aliphatic carbocycles. The van der Waals surface area contributed by atoms with Crippen molar-refractivity contribution in [3.63, 3.8) is 0 Å². The summed E-state index contributed by atoms with van der Waals surface area (Å²) in [4.78, 5) is 12.6. The van der Waals surface area contributed by atoms with Crippen LogP contribution in [0.1, 0.15) is 26.2 Å². The zero-order valence-electron chi connectivity index (χ0n) is 7.97. The van der Waals surface area contributed by atoms with Gasteiger partial charge in [0.1, 0.15) is 0 Å². The van der Waals surface area contributed by atoms with Crippen molar-refractivity contribution < 1.29 is 4.79 Å². The first-order chi connectivity index (χ1) is 5.70. The van der Waals surface area contributed by atoms with Crippen LogP contribution >= 0.6 is 0 Å². The summed E-state index contributed by atoms with van der Waals surface area (Å²) in [6.45, 7) is 3.68. The fraction of sp³-hybridized carbons (Fsp3) is 0.889. The van der Waals surface area contributed by atoms with Crippen LogP contribution in [0.3, 0.4) is 0 Å². The number of nitrogens with one attached hydrogen (secondary N) is 1. The van der Waals surface area contributed by atoms with Crippen LogP contribution in [0.15, 0.2) is 0 Å². The quantitative estimate of drug-likeness (QED) is 0.670. The molecule has 70 valence electrons. The van der Waals surface area contributed by atoms with E-state index in [-0.39, 0.29) is 5.91 Å². The highest BCUT2D eigenvalue weighted by Gasteiger charge is 2.15. The lowest BCUT2D eigenvalue weighted by Crippen LogP contribution is -2.43. The predicted molar refractivity (Wildman–Crippen MR) is 49.0 cm³/mol. The molecular formula is C9H18N2O. The SMILES string of the molecule is CC(=O)N(C)CCCC1CCN1. The molecule has 1 amide bonds. The first-order valence-electron chi connectivity index (χ1n) is 4.65. The maximum absolute atomic E-state index is 10.8.